The summed E-state index contributed by atoms with van der Waals surface area (Å²) in [5, 5.41) is 7.68. The first-order valence-corrected chi connectivity index (χ1v) is 8.97. The minimum Gasteiger partial charge on any atom is -0.327 e. The van der Waals surface area contributed by atoms with Crippen molar-refractivity contribution in [2.24, 2.45) is 0 Å². The van der Waals surface area contributed by atoms with E-state index in [1.807, 2.05) is 0 Å². The summed E-state index contributed by atoms with van der Waals surface area (Å²) in [6.07, 6.45) is -4.52. The van der Waals surface area contributed by atoms with E-state index in [1.165, 1.54) is 12.1 Å². The molecule has 0 saturated carbocycles. The van der Waals surface area contributed by atoms with E-state index >= 15 is 0 Å². The molecule has 1 atom stereocenters. The topological polar surface area (TPSA) is 70.2 Å². The van der Waals surface area contributed by atoms with E-state index in [2.05, 4.69) is 31.9 Å². The molecular formula is C19H15BrF3N3O2. The second-order valence-electron chi connectivity index (χ2n) is 6.15. The summed E-state index contributed by atoms with van der Waals surface area (Å²) in [4.78, 5) is 24.7. The Balaban J connectivity index is 1.92. The predicted octanol–water partition coefficient (Wildman–Crippen LogP) is 4.73. The normalized spacial score (nSPS) is 17.0. The first-order valence-electron chi connectivity index (χ1n) is 8.17. The van der Waals surface area contributed by atoms with Gasteiger partial charge in [0.2, 0.25) is 0 Å². The van der Waals surface area contributed by atoms with Gasteiger partial charge < -0.3 is 16.0 Å². The third-order valence-electron chi connectivity index (χ3n) is 4.16. The second-order valence-corrected chi connectivity index (χ2v) is 7.07. The van der Waals surface area contributed by atoms with Gasteiger partial charge in [0.1, 0.15) is 0 Å². The van der Waals surface area contributed by atoms with Crippen molar-refractivity contribution in [2.75, 3.05) is 5.32 Å². The maximum Gasteiger partial charge on any atom is 0.416 e. The molecule has 0 bridgehead atoms. The number of hydrogen-bond donors (Lipinski definition) is 3. The number of urea groups is 1. The number of rotatable bonds is 3. The third kappa shape index (κ3) is 4.36. The van der Waals surface area contributed by atoms with E-state index in [0.29, 0.717) is 11.3 Å². The number of carbonyl (C=O) groups is 2. The van der Waals surface area contributed by atoms with Crippen molar-refractivity contribution in [1.29, 1.82) is 0 Å². The molecule has 2 aromatic carbocycles. The molecule has 1 heterocycles. The number of nitrogens with one attached hydrogen (secondary N) is 3. The molecule has 3 N–H and O–H groups in total. The molecule has 5 nitrogen and oxygen atoms in total. The summed E-state index contributed by atoms with van der Waals surface area (Å²) < 4.78 is 39.5. The number of alkyl halides is 3. The van der Waals surface area contributed by atoms with Crippen molar-refractivity contribution < 1.29 is 22.8 Å². The van der Waals surface area contributed by atoms with E-state index in [-0.39, 0.29) is 11.3 Å². The minimum absolute atomic E-state index is 0.00609. The summed E-state index contributed by atoms with van der Waals surface area (Å²) in [5.74, 6) is -0.614. The van der Waals surface area contributed by atoms with E-state index in [4.69, 9.17) is 0 Å². The van der Waals surface area contributed by atoms with Crippen molar-refractivity contribution >= 4 is 33.6 Å². The molecule has 28 heavy (non-hydrogen) atoms. The van der Waals surface area contributed by atoms with Crippen molar-refractivity contribution in [3.05, 3.63) is 75.4 Å². The molecule has 0 radical (unpaired) electrons. The Morgan fingerprint density at radius 1 is 1.14 bits per heavy atom. The third-order valence-corrected chi connectivity index (χ3v) is 4.69. The monoisotopic (exact) mass is 453 g/mol. The zero-order valence-electron chi connectivity index (χ0n) is 14.5. The van der Waals surface area contributed by atoms with Gasteiger partial charge in [0, 0.05) is 15.9 Å². The van der Waals surface area contributed by atoms with E-state index < -0.39 is 29.7 Å². The van der Waals surface area contributed by atoms with Crippen LogP contribution in [0.4, 0.5) is 23.7 Å². The fourth-order valence-corrected chi connectivity index (χ4v) is 3.14. The first kappa shape index (κ1) is 19.9. The lowest BCUT2D eigenvalue weighted by molar-refractivity contribution is -0.137. The maximum atomic E-state index is 12.9. The molecule has 1 aliphatic heterocycles. The van der Waals surface area contributed by atoms with Crippen LogP contribution in [0.2, 0.25) is 0 Å². The number of allylic oxidation sites excluding steroid dienone is 1. The number of amides is 3. The van der Waals surface area contributed by atoms with E-state index in [9.17, 15) is 22.8 Å². The summed E-state index contributed by atoms with van der Waals surface area (Å²) in [7, 11) is 0. The maximum absolute atomic E-state index is 12.9. The number of benzene rings is 2. The van der Waals surface area contributed by atoms with Gasteiger partial charge in [-0.25, -0.2) is 4.79 Å². The number of carbonyl (C=O) groups excluding carboxylic acids is 2. The van der Waals surface area contributed by atoms with Crippen LogP contribution in [0.25, 0.3) is 0 Å². The Labute approximate surface area is 167 Å². The zero-order chi connectivity index (χ0) is 20.5. The Bertz CT molecular complexity index is 956. The molecule has 3 amide bonds. The van der Waals surface area contributed by atoms with Gasteiger partial charge in [-0.15, -0.1) is 0 Å². The van der Waals surface area contributed by atoms with Gasteiger partial charge in [0.05, 0.1) is 17.2 Å². The van der Waals surface area contributed by atoms with E-state index in [0.717, 1.165) is 16.6 Å². The van der Waals surface area contributed by atoms with Crippen LogP contribution in [0.15, 0.2) is 64.3 Å². The van der Waals surface area contributed by atoms with Gasteiger partial charge >= 0.3 is 12.2 Å². The lowest BCUT2D eigenvalue weighted by atomic mass is 9.95. The first-order chi connectivity index (χ1) is 13.1. The summed E-state index contributed by atoms with van der Waals surface area (Å²) in [6.45, 7) is 1.56. The van der Waals surface area contributed by atoms with Crippen LogP contribution in [-0.2, 0) is 11.0 Å². The van der Waals surface area contributed by atoms with Gasteiger partial charge in [-0.1, -0.05) is 34.1 Å². The summed E-state index contributed by atoms with van der Waals surface area (Å²) in [6, 6.07) is 10.2. The molecule has 0 fully saturated rings. The number of hydrogen-bond acceptors (Lipinski definition) is 2. The van der Waals surface area contributed by atoms with Crippen LogP contribution >= 0.6 is 15.9 Å². The Hall–Kier alpha value is -2.81. The summed E-state index contributed by atoms with van der Waals surface area (Å²) >= 11 is 3.32. The van der Waals surface area contributed by atoms with Crippen LogP contribution in [0.5, 0.6) is 0 Å². The number of halogens is 4. The SMILES string of the molecule is CC1=C(C(=O)Nc2cccc(C(F)(F)F)c2)C(c2ccc(Br)cc2)NC(=O)N1. The van der Waals surface area contributed by atoms with Gasteiger partial charge in [-0.05, 0) is 42.8 Å². The van der Waals surface area contributed by atoms with Crippen LogP contribution < -0.4 is 16.0 Å². The van der Waals surface area contributed by atoms with Crippen molar-refractivity contribution in [2.45, 2.75) is 19.1 Å². The number of anilines is 1. The average Bonchev–Trinajstić information content (AvgIpc) is 2.61. The van der Waals surface area contributed by atoms with Gasteiger partial charge in [-0.3, -0.25) is 4.79 Å². The minimum atomic E-state index is -4.52. The highest BCUT2D eigenvalue weighted by Gasteiger charge is 2.33. The molecule has 1 aliphatic rings. The highest BCUT2D eigenvalue weighted by atomic mass is 79.9. The summed E-state index contributed by atoms with van der Waals surface area (Å²) in [5.41, 5.74) is 0.328. The van der Waals surface area contributed by atoms with Crippen LogP contribution in [-0.4, -0.2) is 11.9 Å². The fraction of sp³-hybridized carbons (Fsp3) is 0.158. The quantitative estimate of drug-likeness (QED) is 0.628. The fourth-order valence-electron chi connectivity index (χ4n) is 2.87. The van der Waals surface area contributed by atoms with Crippen LogP contribution in [0, 0.1) is 0 Å². The Morgan fingerprint density at radius 2 is 1.82 bits per heavy atom. The smallest absolute Gasteiger partial charge is 0.327 e. The molecule has 2 aromatic rings. The molecule has 1 unspecified atom stereocenters. The van der Waals surface area contributed by atoms with Gasteiger partial charge in [0.15, 0.2) is 0 Å². The zero-order valence-corrected chi connectivity index (χ0v) is 16.1. The highest BCUT2D eigenvalue weighted by molar-refractivity contribution is 9.10. The highest BCUT2D eigenvalue weighted by Crippen LogP contribution is 2.32. The molecule has 0 spiro atoms. The predicted molar refractivity (Wildman–Crippen MR) is 101 cm³/mol. The van der Waals surface area contributed by atoms with Crippen LogP contribution in [0.3, 0.4) is 0 Å². The van der Waals surface area contributed by atoms with E-state index in [1.54, 1.807) is 31.2 Å². The van der Waals surface area contributed by atoms with Crippen molar-refractivity contribution in [3.63, 3.8) is 0 Å². The second kappa shape index (κ2) is 7.67. The molecule has 0 aliphatic carbocycles. The Morgan fingerprint density at radius 3 is 2.46 bits per heavy atom. The standard InChI is InChI=1S/C19H15BrF3N3O2/c1-10-15(16(26-18(28)24-10)11-5-7-13(20)8-6-11)17(27)25-14-4-2-3-12(9-14)19(21,22)23/h2-9,16H,1H3,(H,25,27)(H2,24,26,28). The molecular weight excluding hydrogens is 439 g/mol. The molecule has 9 heteroatoms. The van der Waals surface area contributed by atoms with Crippen molar-refractivity contribution in [3.8, 4) is 0 Å². The molecule has 0 aromatic heterocycles. The molecule has 0 saturated heterocycles. The molecule has 3 rings (SSSR count). The lowest BCUT2D eigenvalue weighted by Crippen LogP contribution is -2.45. The van der Waals surface area contributed by atoms with Gasteiger partial charge in [-0.2, -0.15) is 13.2 Å². The largest absolute Gasteiger partial charge is 0.416 e. The lowest BCUT2D eigenvalue weighted by Gasteiger charge is -2.28. The molecule has 146 valence electrons. The van der Waals surface area contributed by atoms with Crippen molar-refractivity contribution in [1.82, 2.24) is 10.6 Å². The average molecular weight is 454 g/mol. The van der Waals surface area contributed by atoms with Gasteiger partial charge in [0.25, 0.3) is 5.91 Å². The Kier molecular flexibility index (Phi) is 5.46. The van der Waals surface area contributed by atoms with Crippen LogP contribution in [0.1, 0.15) is 24.1 Å².